The highest BCUT2D eigenvalue weighted by molar-refractivity contribution is 7.10. The lowest BCUT2D eigenvalue weighted by Crippen LogP contribution is -2.03. The highest BCUT2D eigenvalue weighted by Crippen LogP contribution is 2.21. The molecule has 1 aromatic carbocycles. The average molecular weight is 277 g/mol. The fraction of sp³-hybridized carbons (Fsp3) is 0.429. The monoisotopic (exact) mass is 277 g/mol. The van der Waals surface area contributed by atoms with E-state index in [1.807, 2.05) is 12.1 Å². The Balaban J connectivity index is 2.00. The fourth-order valence-corrected chi connectivity index (χ4v) is 2.44. The minimum absolute atomic E-state index is 0.450. The molecule has 5 heteroatoms. The van der Waals surface area contributed by atoms with E-state index >= 15 is 0 Å². The van der Waals surface area contributed by atoms with Crippen LogP contribution < -0.4 is 10.1 Å². The molecular weight excluding hydrogens is 258 g/mol. The molecule has 0 radical (unpaired) electrons. The molecule has 19 heavy (non-hydrogen) atoms. The Hall–Kier alpha value is -1.62. The van der Waals surface area contributed by atoms with Crippen molar-refractivity contribution in [1.29, 1.82) is 0 Å². The van der Waals surface area contributed by atoms with Crippen LogP contribution in [0, 0.1) is 13.8 Å². The molecule has 0 bridgehead atoms. The Kier molecular flexibility index (Phi) is 4.74. The Morgan fingerprint density at radius 1 is 1.21 bits per heavy atom. The lowest BCUT2D eigenvalue weighted by molar-refractivity contribution is 0.301. The van der Waals surface area contributed by atoms with Gasteiger partial charge in [0.25, 0.3) is 0 Å². The summed E-state index contributed by atoms with van der Waals surface area (Å²) in [7, 11) is 0. The lowest BCUT2D eigenvalue weighted by atomic mass is 10.1. The van der Waals surface area contributed by atoms with Crippen molar-refractivity contribution < 1.29 is 4.74 Å². The van der Waals surface area contributed by atoms with Crippen molar-refractivity contribution in [3.63, 3.8) is 0 Å². The number of nitrogens with zero attached hydrogens (tertiary/aromatic N) is 2. The van der Waals surface area contributed by atoms with E-state index in [0.717, 1.165) is 29.4 Å². The third-order valence-electron chi connectivity index (χ3n) is 2.66. The van der Waals surface area contributed by atoms with E-state index in [-0.39, 0.29) is 0 Å². The first-order valence-electron chi connectivity index (χ1n) is 6.45. The van der Waals surface area contributed by atoms with Crippen molar-refractivity contribution in [1.82, 2.24) is 9.59 Å². The first-order chi connectivity index (χ1) is 9.19. The molecule has 4 nitrogen and oxygen atoms in total. The van der Waals surface area contributed by atoms with Crippen LogP contribution in [0.1, 0.15) is 30.2 Å². The molecule has 0 atom stereocenters. The minimum Gasteiger partial charge on any atom is -0.487 e. The van der Waals surface area contributed by atoms with Crippen LogP contribution in [-0.4, -0.2) is 16.1 Å². The highest BCUT2D eigenvalue weighted by Gasteiger charge is 2.08. The van der Waals surface area contributed by atoms with Crippen LogP contribution >= 0.6 is 11.5 Å². The molecule has 0 aliphatic carbocycles. The van der Waals surface area contributed by atoms with Crippen molar-refractivity contribution >= 4 is 16.5 Å². The first kappa shape index (κ1) is 13.8. The van der Waals surface area contributed by atoms with Gasteiger partial charge in [-0.2, -0.15) is 0 Å². The quantitative estimate of drug-likeness (QED) is 0.877. The van der Waals surface area contributed by atoms with Gasteiger partial charge in [0.05, 0.1) is 0 Å². The Morgan fingerprint density at radius 3 is 2.63 bits per heavy atom. The van der Waals surface area contributed by atoms with E-state index in [1.54, 1.807) is 0 Å². The standard InChI is InChI=1S/C14H19N3OS/c1-4-5-15-14-13(16-17-19-14)9-18-12-7-10(2)6-11(3)8-12/h6-8,15H,4-5,9H2,1-3H3. The number of aromatic nitrogens is 2. The zero-order chi connectivity index (χ0) is 13.7. The van der Waals surface area contributed by atoms with Crippen LogP contribution in [0.5, 0.6) is 5.75 Å². The number of ether oxygens (including phenoxy) is 1. The zero-order valence-electron chi connectivity index (χ0n) is 11.6. The molecule has 0 saturated heterocycles. The van der Waals surface area contributed by atoms with Gasteiger partial charge < -0.3 is 10.1 Å². The van der Waals surface area contributed by atoms with E-state index in [1.165, 1.54) is 22.7 Å². The highest BCUT2D eigenvalue weighted by atomic mass is 32.1. The third-order valence-corrected chi connectivity index (χ3v) is 3.39. The summed E-state index contributed by atoms with van der Waals surface area (Å²) in [5.41, 5.74) is 3.28. The molecule has 0 saturated carbocycles. The van der Waals surface area contributed by atoms with Crippen molar-refractivity contribution in [2.45, 2.75) is 33.8 Å². The molecule has 102 valence electrons. The van der Waals surface area contributed by atoms with E-state index < -0.39 is 0 Å². The maximum absolute atomic E-state index is 5.80. The molecule has 0 amide bonds. The average Bonchev–Trinajstić information content (AvgIpc) is 2.80. The second-order valence-electron chi connectivity index (χ2n) is 4.59. The molecule has 0 spiro atoms. The van der Waals surface area contributed by atoms with E-state index in [4.69, 9.17) is 4.74 Å². The summed E-state index contributed by atoms with van der Waals surface area (Å²) < 4.78 is 9.77. The molecule has 2 rings (SSSR count). The minimum atomic E-state index is 0.450. The molecule has 1 aromatic heterocycles. The van der Waals surface area contributed by atoms with Gasteiger partial charge in [0.15, 0.2) is 0 Å². The summed E-state index contributed by atoms with van der Waals surface area (Å²) in [4.78, 5) is 0. The van der Waals surface area contributed by atoms with Gasteiger partial charge in [-0.1, -0.05) is 17.5 Å². The largest absolute Gasteiger partial charge is 0.487 e. The summed E-state index contributed by atoms with van der Waals surface area (Å²) in [6.07, 6.45) is 1.08. The maximum Gasteiger partial charge on any atom is 0.136 e. The van der Waals surface area contributed by atoms with E-state index in [9.17, 15) is 0 Å². The fourth-order valence-electron chi connectivity index (χ4n) is 1.84. The molecule has 0 fully saturated rings. The molecule has 1 heterocycles. The first-order valence-corrected chi connectivity index (χ1v) is 7.22. The number of rotatable bonds is 6. The van der Waals surface area contributed by atoms with Gasteiger partial charge in [-0.25, -0.2) is 0 Å². The van der Waals surface area contributed by atoms with Crippen LogP contribution in [0.3, 0.4) is 0 Å². The number of benzene rings is 1. The molecular formula is C14H19N3OS. The normalized spacial score (nSPS) is 10.5. The Morgan fingerprint density at radius 2 is 1.95 bits per heavy atom. The second-order valence-corrected chi connectivity index (χ2v) is 5.34. The second kappa shape index (κ2) is 6.52. The van der Waals surface area contributed by atoms with E-state index in [2.05, 4.69) is 41.7 Å². The van der Waals surface area contributed by atoms with Crippen molar-refractivity contribution in [3.8, 4) is 5.75 Å². The predicted molar refractivity (Wildman–Crippen MR) is 78.9 cm³/mol. The summed E-state index contributed by atoms with van der Waals surface area (Å²) >= 11 is 1.38. The van der Waals surface area contributed by atoms with Crippen LogP contribution in [0.4, 0.5) is 5.00 Å². The summed E-state index contributed by atoms with van der Waals surface area (Å²) in [5, 5.41) is 8.43. The molecule has 0 aliphatic rings. The van der Waals surface area contributed by atoms with Crippen molar-refractivity contribution in [2.24, 2.45) is 0 Å². The lowest BCUT2D eigenvalue weighted by Gasteiger charge is -2.08. The smallest absolute Gasteiger partial charge is 0.136 e. The van der Waals surface area contributed by atoms with Gasteiger partial charge >= 0.3 is 0 Å². The van der Waals surface area contributed by atoms with Gasteiger partial charge in [0.1, 0.15) is 23.1 Å². The Bertz CT molecular complexity index is 519. The summed E-state index contributed by atoms with van der Waals surface area (Å²) in [6, 6.07) is 6.20. The Labute approximate surface area is 118 Å². The van der Waals surface area contributed by atoms with Gasteiger partial charge in [0.2, 0.25) is 0 Å². The van der Waals surface area contributed by atoms with Crippen LogP contribution in [0.2, 0.25) is 0 Å². The molecule has 0 unspecified atom stereocenters. The van der Waals surface area contributed by atoms with Crippen molar-refractivity contribution in [2.75, 3.05) is 11.9 Å². The number of anilines is 1. The maximum atomic E-state index is 5.80. The molecule has 0 aliphatic heterocycles. The number of hydrogen-bond donors (Lipinski definition) is 1. The predicted octanol–water partition coefficient (Wildman–Crippen LogP) is 3.56. The van der Waals surface area contributed by atoms with Crippen LogP contribution in [0.25, 0.3) is 0 Å². The zero-order valence-corrected chi connectivity index (χ0v) is 12.4. The van der Waals surface area contributed by atoms with Gasteiger partial charge in [-0.15, -0.1) is 5.10 Å². The summed E-state index contributed by atoms with van der Waals surface area (Å²) in [6.45, 7) is 7.65. The molecule has 1 N–H and O–H groups in total. The number of nitrogens with one attached hydrogen (secondary N) is 1. The van der Waals surface area contributed by atoms with Gasteiger partial charge in [0, 0.05) is 18.1 Å². The van der Waals surface area contributed by atoms with Crippen molar-refractivity contribution in [3.05, 3.63) is 35.0 Å². The topological polar surface area (TPSA) is 47.0 Å². The molecule has 2 aromatic rings. The number of aryl methyl sites for hydroxylation is 2. The van der Waals surface area contributed by atoms with Gasteiger partial charge in [-0.05, 0) is 43.5 Å². The number of hydrogen-bond acceptors (Lipinski definition) is 5. The van der Waals surface area contributed by atoms with E-state index in [0.29, 0.717) is 6.61 Å². The third kappa shape index (κ3) is 3.92. The van der Waals surface area contributed by atoms with Crippen LogP contribution in [0.15, 0.2) is 18.2 Å². The summed E-state index contributed by atoms with van der Waals surface area (Å²) in [5.74, 6) is 0.881. The van der Waals surface area contributed by atoms with Crippen LogP contribution in [-0.2, 0) is 6.61 Å². The SMILES string of the molecule is CCCNc1snnc1COc1cc(C)cc(C)c1. The van der Waals surface area contributed by atoms with Gasteiger partial charge in [-0.3, -0.25) is 0 Å².